The van der Waals surface area contributed by atoms with Gasteiger partial charge in [0.25, 0.3) is 0 Å². The molecule has 3 N–H and O–H groups in total. The maximum atomic E-state index is 13.9. The van der Waals surface area contributed by atoms with Crippen molar-refractivity contribution in [3.05, 3.63) is 35.3 Å². The van der Waals surface area contributed by atoms with Gasteiger partial charge in [-0.3, -0.25) is 14.5 Å². The number of carbonyl (C=O) groups is 3. The first-order chi connectivity index (χ1) is 16.4. The SMILES string of the molecule is CC1(C)[C@H](O)[C@@H]2CC3=C4CC(=O)O[C@@H](c5ccoc5)[C@]4(C)CC[C@@H]3[C@@](C)(C2=O)[C@H]1[C@@H](O)C(=O)OO. The number of ketones is 1. The van der Waals surface area contributed by atoms with Gasteiger partial charge in [0.1, 0.15) is 11.9 Å². The second-order valence-corrected chi connectivity index (χ2v) is 11.7. The van der Waals surface area contributed by atoms with Crippen molar-refractivity contribution in [1.82, 2.24) is 0 Å². The summed E-state index contributed by atoms with van der Waals surface area (Å²) in [6.45, 7) is 7.26. The minimum absolute atomic E-state index is 0.0824. The smallest absolute Gasteiger partial charge is 0.370 e. The Labute approximate surface area is 203 Å². The van der Waals surface area contributed by atoms with E-state index in [2.05, 4.69) is 11.8 Å². The fraction of sp³-hybridized carbons (Fsp3) is 0.654. The number of aliphatic hydroxyl groups excluding tert-OH is 2. The number of carbonyl (C=O) groups excluding carboxylic acids is 3. The van der Waals surface area contributed by atoms with Crippen LogP contribution in [-0.4, -0.2) is 45.4 Å². The molecule has 9 nitrogen and oxygen atoms in total. The summed E-state index contributed by atoms with van der Waals surface area (Å²) >= 11 is 0. The lowest BCUT2D eigenvalue weighted by Crippen LogP contribution is -2.68. The lowest BCUT2D eigenvalue weighted by atomic mass is 9.40. The van der Waals surface area contributed by atoms with Crippen molar-refractivity contribution in [2.24, 2.45) is 34.0 Å². The third kappa shape index (κ3) is 3.07. The van der Waals surface area contributed by atoms with Gasteiger partial charge in [0.05, 0.1) is 25.1 Å². The molecule has 0 spiro atoms. The molecular formula is C26H32O9. The number of ether oxygens (including phenoxy) is 1. The van der Waals surface area contributed by atoms with Crippen LogP contribution in [0.1, 0.15) is 65.0 Å². The van der Waals surface area contributed by atoms with E-state index in [0.29, 0.717) is 19.3 Å². The summed E-state index contributed by atoms with van der Waals surface area (Å²) in [7, 11) is 0. The molecule has 4 aliphatic rings. The van der Waals surface area contributed by atoms with Crippen LogP contribution in [0.15, 0.2) is 34.2 Å². The van der Waals surface area contributed by atoms with E-state index in [-0.39, 0.29) is 24.1 Å². The van der Waals surface area contributed by atoms with Crippen LogP contribution in [0.3, 0.4) is 0 Å². The largest absolute Gasteiger partial charge is 0.472 e. The zero-order chi connectivity index (χ0) is 25.5. The van der Waals surface area contributed by atoms with Crippen LogP contribution in [-0.2, 0) is 24.0 Å². The second kappa shape index (κ2) is 7.75. The van der Waals surface area contributed by atoms with Crippen molar-refractivity contribution in [2.75, 3.05) is 0 Å². The van der Waals surface area contributed by atoms with E-state index in [1.54, 1.807) is 33.1 Å². The van der Waals surface area contributed by atoms with Gasteiger partial charge >= 0.3 is 11.9 Å². The predicted octanol–water partition coefficient (Wildman–Crippen LogP) is 2.97. The van der Waals surface area contributed by atoms with Crippen LogP contribution in [0.4, 0.5) is 0 Å². The van der Waals surface area contributed by atoms with Crippen LogP contribution in [0, 0.1) is 34.0 Å². The molecule has 0 amide bonds. The molecule has 0 aromatic carbocycles. The van der Waals surface area contributed by atoms with E-state index in [9.17, 15) is 24.6 Å². The number of rotatable bonds is 3. The standard InChI is InChI=1S/C26H32O9/c1-24(2)19(18(28)23(31)35-32)26(4)15-5-7-25(3)16(13(15)9-14(20(24)29)21(26)30)10-17(27)34-22(25)12-6-8-33-11-12/h6,8,11,14-15,18-20,22,28-29,32H,5,7,9-10H2,1-4H3/t14-,15-,18+,19-,20+,22-,25+,26+/m0/s1. The highest BCUT2D eigenvalue weighted by molar-refractivity contribution is 5.93. The van der Waals surface area contributed by atoms with Crippen LogP contribution in [0.25, 0.3) is 0 Å². The first-order valence-electron chi connectivity index (χ1n) is 12.1. The minimum atomic E-state index is -1.81. The van der Waals surface area contributed by atoms with Crippen LogP contribution < -0.4 is 0 Å². The highest BCUT2D eigenvalue weighted by atomic mass is 17.1. The summed E-state index contributed by atoms with van der Waals surface area (Å²) in [5, 5.41) is 31.3. The molecule has 9 heteroatoms. The number of esters is 1. The van der Waals surface area contributed by atoms with E-state index >= 15 is 0 Å². The number of cyclic esters (lactones) is 1. The normalized spacial score (nSPS) is 40.9. The number of allylic oxidation sites excluding steroid dienone is 1. The molecule has 2 heterocycles. The average Bonchev–Trinajstić information content (AvgIpc) is 3.34. The summed E-state index contributed by atoms with van der Waals surface area (Å²) in [4.78, 5) is 42.7. The summed E-state index contributed by atoms with van der Waals surface area (Å²) in [6.07, 6.45) is 1.19. The molecule has 1 aliphatic heterocycles. The molecule has 3 fully saturated rings. The summed E-state index contributed by atoms with van der Waals surface area (Å²) < 4.78 is 11.1. The van der Waals surface area contributed by atoms with Crippen molar-refractivity contribution >= 4 is 17.7 Å². The zero-order valence-electron chi connectivity index (χ0n) is 20.3. The van der Waals surface area contributed by atoms with Crippen LogP contribution in [0.2, 0.25) is 0 Å². The molecule has 1 saturated heterocycles. The minimum Gasteiger partial charge on any atom is -0.472 e. The molecule has 0 unspecified atom stereocenters. The fourth-order valence-electron chi connectivity index (χ4n) is 8.11. The zero-order valence-corrected chi connectivity index (χ0v) is 20.3. The topological polar surface area (TPSA) is 144 Å². The highest BCUT2D eigenvalue weighted by Crippen LogP contribution is 2.67. The second-order valence-electron chi connectivity index (χ2n) is 11.7. The van der Waals surface area contributed by atoms with Gasteiger partial charge in [-0.05, 0) is 42.2 Å². The van der Waals surface area contributed by atoms with Crippen molar-refractivity contribution in [1.29, 1.82) is 0 Å². The van der Waals surface area contributed by atoms with Gasteiger partial charge in [0, 0.05) is 28.2 Å². The van der Waals surface area contributed by atoms with Gasteiger partial charge in [-0.1, -0.05) is 33.3 Å². The van der Waals surface area contributed by atoms with Gasteiger partial charge in [-0.15, -0.1) is 0 Å². The first kappa shape index (κ1) is 24.2. The number of fused-ring (bicyclic) bond motifs is 5. The third-order valence-corrected chi connectivity index (χ3v) is 9.71. The number of furan rings is 1. The molecule has 35 heavy (non-hydrogen) atoms. The van der Waals surface area contributed by atoms with Crippen molar-refractivity contribution in [3.63, 3.8) is 0 Å². The molecule has 8 atom stereocenters. The molecular weight excluding hydrogens is 456 g/mol. The summed E-state index contributed by atoms with van der Waals surface area (Å²) in [5.74, 6) is -3.94. The molecule has 1 aromatic heterocycles. The lowest BCUT2D eigenvalue weighted by molar-refractivity contribution is -0.255. The monoisotopic (exact) mass is 488 g/mol. The molecule has 190 valence electrons. The molecule has 0 radical (unpaired) electrons. The Morgan fingerprint density at radius 2 is 1.94 bits per heavy atom. The molecule has 1 aromatic rings. The van der Waals surface area contributed by atoms with Crippen molar-refractivity contribution in [3.8, 4) is 0 Å². The van der Waals surface area contributed by atoms with Gasteiger partial charge in [0.15, 0.2) is 6.10 Å². The Hall–Kier alpha value is -2.49. The van der Waals surface area contributed by atoms with E-state index in [0.717, 1.165) is 16.7 Å². The van der Waals surface area contributed by atoms with E-state index < -0.39 is 52.4 Å². The maximum absolute atomic E-state index is 13.9. The maximum Gasteiger partial charge on any atom is 0.370 e. The van der Waals surface area contributed by atoms with Crippen LogP contribution >= 0.6 is 0 Å². The number of aliphatic hydroxyl groups is 2. The fourth-order valence-corrected chi connectivity index (χ4v) is 8.11. The quantitative estimate of drug-likeness (QED) is 0.253. The predicted molar refractivity (Wildman–Crippen MR) is 119 cm³/mol. The van der Waals surface area contributed by atoms with Crippen LogP contribution in [0.5, 0.6) is 0 Å². The Balaban J connectivity index is 1.69. The number of hydrogen-bond acceptors (Lipinski definition) is 9. The molecule has 2 saturated carbocycles. The van der Waals surface area contributed by atoms with E-state index in [4.69, 9.17) is 14.4 Å². The summed E-state index contributed by atoms with van der Waals surface area (Å²) in [5.41, 5.74) is -0.161. The first-order valence-corrected chi connectivity index (χ1v) is 12.1. The number of Topliss-reactive ketones (excluding diaryl/α,β-unsaturated/α-hetero) is 1. The van der Waals surface area contributed by atoms with Crippen molar-refractivity contribution in [2.45, 2.75) is 71.7 Å². The van der Waals surface area contributed by atoms with Gasteiger partial charge in [-0.2, -0.15) is 5.26 Å². The Bertz CT molecular complexity index is 1100. The average molecular weight is 489 g/mol. The Morgan fingerprint density at radius 3 is 2.57 bits per heavy atom. The number of hydrogen-bond donors (Lipinski definition) is 3. The van der Waals surface area contributed by atoms with E-state index in [1.165, 1.54) is 6.26 Å². The van der Waals surface area contributed by atoms with E-state index in [1.807, 2.05) is 0 Å². The van der Waals surface area contributed by atoms with Crippen molar-refractivity contribution < 1.29 is 43.9 Å². The van der Waals surface area contributed by atoms with Gasteiger partial charge in [-0.25, -0.2) is 4.79 Å². The molecule has 3 aliphatic carbocycles. The Kier molecular flexibility index (Phi) is 5.36. The molecule has 5 rings (SSSR count). The Morgan fingerprint density at radius 1 is 1.23 bits per heavy atom. The summed E-state index contributed by atoms with van der Waals surface area (Å²) in [6, 6.07) is 1.78. The lowest BCUT2D eigenvalue weighted by Gasteiger charge is -2.63. The third-order valence-electron chi connectivity index (χ3n) is 9.71. The highest BCUT2D eigenvalue weighted by Gasteiger charge is 2.69. The molecule has 2 bridgehead atoms. The van der Waals surface area contributed by atoms with Gasteiger partial charge in [0.2, 0.25) is 0 Å². The van der Waals surface area contributed by atoms with Gasteiger partial charge < -0.3 is 19.4 Å².